The van der Waals surface area contributed by atoms with Gasteiger partial charge >= 0.3 is 0 Å². The van der Waals surface area contributed by atoms with Gasteiger partial charge in [-0.25, -0.2) is 0 Å². The van der Waals surface area contributed by atoms with Crippen molar-refractivity contribution in [1.29, 1.82) is 0 Å². The Kier molecular flexibility index (Phi) is 4.36. The quantitative estimate of drug-likeness (QED) is 0.928. The van der Waals surface area contributed by atoms with E-state index in [9.17, 15) is 0 Å². The maximum atomic E-state index is 6.21. The highest BCUT2D eigenvalue weighted by Crippen LogP contribution is 2.35. The van der Waals surface area contributed by atoms with Gasteiger partial charge in [-0.15, -0.1) is 0 Å². The molecule has 4 heteroatoms. The highest BCUT2D eigenvalue weighted by molar-refractivity contribution is 5.61. The van der Waals surface area contributed by atoms with Gasteiger partial charge in [0.05, 0.1) is 7.11 Å². The summed E-state index contributed by atoms with van der Waals surface area (Å²) in [4.78, 5) is 5.17. The average molecular weight is 289 g/mol. The van der Waals surface area contributed by atoms with E-state index in [2.05, 4.69) is 21.9 Å². The Hall–Kier alpha value is -1.26. The van der Waals surface area contributed by atoms with Crippen LogP contribution in [0.4, 0.5) is 5.69 Å². The summed E-state index contributed by atoms with van der Waals surface area (Å²) in [5.74, 6) is 0.911. The number of benzene rings is 1. The summed E-state index contributed by atoms with van der Waals surface area (Å²) in [6.07, 6.45) is 4.06. The Morgan fingerprint density at radius 1 is 1.24 bits per heavy atom. The molecular formula is C17H27N3O. The Bertz CT molecular complexity index is 489. The Morgan fingerprint density at radius 2 is 2.10 bits per heavy atom. The second-order valence-corrected chi connectivity index (χ2v) is 6.31. The molecule has 2 aliphatic rings. The molecule has 2 N–H and O–H groups in total. The molecule has 2 fully saturated rings. The lowest BCUT2D eigenvalue weighted by atomic mass is 9.97. The van der Waals surface area contributed by atoms with E-state index in [-0.39, 0.29) is 6.04 Å². The molecule has 0 spiro atoms. The Morgan fingerprint density at radius 3 is 2.86 bits per heavy atom. The number of nitrogens with zero attached hydrogens (tertiary/aromatic N) is 2. The summed E-state index contributed by atoms with van der Waals surface area (Å²) in [6.45, 7) is 6.69. The van der Waals surface area contributed by atoms with Crippen molar-refractivity contribution >= 4 is 5.69 Å². The van der Waals surface area contributed by atoms with Crippen LogP contribution >= 0.6 is 0 Å². The van der Waals surface area contributed by atoms with E-state index in [0.29, 0.717) is 6.04 Å². The fourth-order valence-electron chi connectivity index (χ4n) is 3.82. The van der Waals surface area contributed by atoms with E-state index in [1.165, 1.54) is 38.0 Å². The van der Waals surface area contributed by atoms with Gasteiger partial charge in [-0.05, 0) is 38.4 Å². The molecule has 4 nitrogen and oxygen atoms in total. The molecule has 0 amide bonds. The number of rotatable bonds is 3. The van der Waals surface area contributed by atoms with Gasteiger partial charge in [-0.3, -0.25) is 4.90 Å². The molecule has 0 aliphatic carbocycles. The maximum Gasteiger partial charge on any atom is 0.125 e. The van der Waals surface area contributed by atoms with Crippen LogP contribution in [-0.2, 0) is 0 Å². The molecule has 0 aromatic heterocycles. The van der Waals surface area contributed by atoms with Crippen molar-refractivity contribution in [3.63, 3.8) is 0 Å². The Labute approximate surface area is 127 Å². The number of hydrogen-bond acceptors (Lipinski definition) is 4. The predicted octanol–water partition coefficient (Wildman–Crippen LogP) is 2.39. The van der Waals surface area contributed by atoms with Gasteiger partial charge in [0.2, 0.25) is 0 Å². The first-order valence-corrected chi connectivity index (χ1v) is 8.12. The molecule has 1 aromatic rings. The summed E-state index contributed by atoms with van der Waals surface area (Å²) in [5, 5.41) is 0. The van der Waals surface area contributed by atoms with Crippen molar-refractivity contribution in [3.05, 3.63) is 23.8 Å². The molecule has 0 bridgehead atoms. The minimum Gasteiger partial charge on any atom is -0.496 e. The van der Waals surface area contributed by atoms with E-state index in [0.717, 1.165) is 24.4 Å². The Balaban J connectivity index is 1.86. The number of ether oxygens (including phenoxy) is 1. The number of anilines is 1. The van der Waals surface area contributed by atoms with Crippen LogP contribution in [0.3, 0.4) is 0 Å². The van der Waals surface area contributed by atoms with Crippen molar-refractivity contribution in [1.82, 2.24) is 4.90 Å². The van der Waals surface area contributed by atoms with Crippen molar-refractivity contribution in [2.24, 2.45) is 5.73 Å². The summed E-state index contributed by atoms with van der Waals surface area (Å²) in [6, 6.07) is 6.98. The van der Waals surface area contributed by atoms with E-state index in [1.54, 1.807) is 7.11 Å². The normalized spacial score (nSPS) is 24.5. The lowest BCUT2D eigenvalue weighted by Gasteiger charge is -2.45. The van der Waals surface area contributed by atoms with E-state index in [1.807, 2.05) is 13.0 Å². The molecular weight excluding hydrogens is 262 g/mol. The van der Waals surface area contributed by atoms with Gasteiger partial charge in [0, 0.05) is 43.0 Å². The van der Waals surface area contributed by atoms with Crippen LogP contribution in [0.15, 0.2) is 18.2 Å². The molecule has 0 radical (unpaired) electrons. The predicted molar refractivity (Wildman–Crippen MR) is 87.0 cm³/mol. The summed E-state index contributed by atoms with van der Waals surface area (Å²) < 4.78 is 5.53. The SMILES string of the molecule is COc1cccc(N2CCN3CCCCC3C2)c1[C@H](C)N. The summed E-state index contributed by atoms with van der Waals surface area (Å²) in [7, 11) is 1.73. The molecule has 1 aromatic carbocycles. The van der Waals surface area contributed by atoms with E-state index >= 15 is 0 Å². The number of methoxy groups -OCH3 is 1. The minimum absolute atomic E-state index is 0.0134. The fourth-order valence-corrected chi connectivity index (χ4v) is 3.82. The van der Waals surface area contributed by atoms with Gasteiger partial charge in [0.25, 0.3) is 0 Å². The average Bonchev–Trinajstić information content (AvgIpc) is 2.53. The number of nitrogens with two attached hydrogens (primary N) is 1. The van der Waals surface area contributed by atoms with Crippen LogP contribution in [-0.4, -0.2) is 44.2 Å². The lowest BCUT2D eigenvalue weighted by Crippen LogP contribution is -2.55. The minimum atomic E-state index is -0.0134. The second kappa shape index (κ2) is 6.24. The van der Waals surface area contributed by atoms with Crippen LogP contribution in [0.5, 0.6) is 5.75 Å². The second-order valence-electron chi connectivity index (χ2n) is 6.31. The molecule has 0 saturated carbocycles. The van der Waals surface area contributed by atoms with E-state index in [4.69, 9.17) is 10.5 Å². The largest absolute Gasteiger partial charge is 0.496 e. The molecule has 2 atom stereocenters. The van der Waals surface area contributed by atoms with Gasteiger partial charge < -0.3 is 15.4 Å². The van der Waals surface area contributed by atoms with Crippen LogP contribution in [0.1, 0.15) is 37.8 Å². The lowest BCUT2D eigenvalue weighted by molar-refractivity contribution is 0.133. The summed E-state index contributed by atoms with van der Waals surface area (Å²) >= 11 is 0. The molecule has 1 unspecified atom stereocenters. The number of hydrogen-bond donors (Lipinski definition) is 1. The molecule has 116 valence electrons. The van der Waals surface area contributed by atoms with Gasteiger partial charge in [0.1, 0.15) is 5.75 Å². The third kappa shape index (κ3) is 2.87. The number of piperazine rings is 1. The van der Waals surface area contributed by atoms with Crippen LogP contribution in [0, 0.1) is 0 Å². The molecule has 2 heterocycles. The van der Waals surface area contributed by atoms with Crippen molar-refractivity contribution in [2.75, 3.05) is 38.2 Å². The maximum absolute atomic E-state index is 6.21. The van der Waals surface area contributed by atoms with E-state index < -0.39 is 0 Å². The van der Waals surface area contributed by atoms with Gasteiger partial charge in [0.15, 0.2) is 0 Å². The fraction of sp³-hybridized carbons (Fsp3) is 0.647. The number of fused-ring (bicyclic) bond motifs is 1. The number of piperidine rings is 1. The topological polar surface area (TPSA) is 41.7 Å². The third-order valence-corrected chi connectivity index (χ3v) is 4.90. The van der Waals surface area contributed by atoms with Crippen LogP contribution in [0.25, 0.3) is 0 Å². The molecule has 2 saturated heterocycles. The van der Waals surface area contributed by atoms with Gasteiger partial charge in [-0.2, -0.15) is 0 Å². The molecule has 3 rings (SSSR count). The standard InChI is InChI=1S/C17H27N3O/c1-13(18)17-15(7-5-8-16(17)21-2)20-11-10-19-9-4-3-6-14(19)12-20/h5,7-8,13-14H,3-4,6,9-12,18H2,1-2H3/t13-,14?/m0/s1. The first-order valence-electron chi connectivity index (χ1n) is 8.12. The zero-order chi connectivity index (χ0) is 14.8. The molecule has 21 heavy (non-hydrogen) atoms. The van der Waals surface area contributed by atoms with Crippen LogP contribution in [0.2, 0.25) is 0 Å². The highest BCUT2D eigenvalue weighted by Gasteiger charge is 2.30. The molecule has 2 aliphatic heterocycles. The summed E-state index contributed by atoms with van der Waals surface area (Å²) in [5.41, 5.74) is 8.61. The monoisotopic (exact) mass is 289 g/mol. The van der Waals surface area contributed by atoms with Crippen molar-refractivity contribution < 1.29 is 4.74 Å². The van der Waals surface area contributed by atoms with Crippen molar-refractivity contribution in [3.8, 4) is 5.75 Å². The first kappa shape index (κ1) is 14.7. The van der Waals surface area contributed by atoms with Crippen molar-refractivity contribution in [2.45, 2.75) is 38.3 Å². The zero-order valence-corrected chi connectivity index (χ0v) is 13.2. The third-order valence-electron chi connectivity index (χ3n) is 4.90. The van der Waals surface area contributed by atoms with Gasteiger partial charge in [-0.1, -0.05) is 12.5 Å². The smallest absolute Gasteiger partial charge is 0.125 e. The highest BCUT2D eigenvalue weighted by atomic mass is 16.5. The zero-order valence-electron chi connectivity index (χ0n) is 13.2. The first-order chi connectivity index (χ1) is 10.2. The van der Waals surface area contributed by atoms with Crippen LogP contribution < -0.4 is 15.4 Å².